The lowest BCUT2D eigenvalue weighted by atomic mass is 9.99. The van der Waals surface area contributed by atoms with Crippen molar-refractivity contribution in [1.82, 2.24) is 15.3 Å². The molecule has 1 aromatic carbocycles. The molecule has 0 amide bonds. The molecule has 1 aromatic heterocycles. The van der Waals surface area contributed by atoms with Gasteiger partial charge in [0.15, 0.2) is 0 Å². The molecule has 0 aliphatic rings. The van der Waals surface area contributed by atoms with E-state index in [9.17, 15) is 0 Å². The lowest BCUT2D eigenvalue weighted by Crippen LogP contribution is -2.24. The van der Waals surface area contributed by atoms with Crippen molar-refractivity contribution in [2.75, 3.05) is 6.54 Å². The van der Waals surface area contributed by atoms with E-state index < -0.39 is 0 Å². The fourth-order valence-electron chi connectivity index (χ4n) is 2.05. The zero-order valence-electron chi connectivity index (χ0n) is 11.2. The fraction of sp³-hybridized carbons (Fsp3) is 0.333. The van der Waals surface area contributed by atoms with Crippen LogP contribution in [-0.2, 0) is 0 Å². The molecule has 1 unspecified atom stereocenters. The third kappa shape index (κ3) is 3.31. The maximum absolute atomic E-state index is 6.44. The van der Waals surface area contributed by atoms with E-state index >= 15 is 0 Å². The minimum absolute atomic E-state index is 0.0357. The van der Waals surface area contributed by atoms with Crippen LogP contribution in [0.1, 0.15) is 36.1 Å². The van der Waals surface area contributed by atoms with Crippen LogP contribution in [0, 0.1) is 6.92 Å². The summed E-state index contributed by atoms with van der Waals surface area (Å²) in [5.74, 6) is 0. The zero-order chi connectivity index (χ0) is 13.7. The van der Waals surface area contributed by atoms with Crippen LogP contribution in [0.3, 0.4) is 0 Å². The second-order valence-corrected chi connectivity index (χ2v) is 4.92. The van der Waals surface area contributed by atoms with E-state index in [2.05, 4.69) is 28.3 Å². The third-order valence-electron chi connectivity index (χ3n) is 3.05. The van der Waals surface area contributed by atoms with Crippen molar-refractivity contribution in [2.45, 2.75) is 26.3 Å². The summed E-state index contributed by atoms with van der Waals surface area (Å²) in [6.45, 7) is 5.08. The van der Waals surface area contributed by atoms with E-state index in [1.165, 1.54) is 6.33 Å². The van der Waals surface area contributed by atoms with Crippen molar-refractivity contribution < 1.29 is 0 Å². The first kappa shape index (κ1) is 14.0. The minimum atomic E-state index is 0.0357. The van der Waals surface area contributed by atoms with Gasteiger partial charge in [-0.2, -0.15) is 0 Å². The molecular weight excluding hydrogens is 258 g/mol. The van der Waals surface area contributed by atoms with E-state index in [4.69, 9.17) is 11.6 Å². The number of rotatable bonds is 5. The van der Waals surface area contributed by atoms with Gasteiger partial charge >= 0.3 is 0 Å². The molecule has 0 saturated carbocycles. The van der Waals surface area contributed by atoms with E-state index in [0.29, 0.717) is 0 Å². The first-order valence-electron chi connectivity index (χ1n) is 6.47. The van der Waals surface area contributed by atoms with Gasteiger partial charge in [-0.25, -0.2) is 9.97 Å². The summed E-state index contributed by atoms with van der Waals surface area (Å²) < 4.78 is 0. The van der Waals surface area contributed by atoms with Gasteiger partial charge in [0, 0.05) is 23.0 Å². The van der Waals surface area contributed by atoms with Gasteiger partial charge in [0.2, 0.25) is 0 Å². The van der Waals surface area contributed by atoms with Gasteiger partial charge < -0.3 is 5.32 Å². The normalized spacial score (nSPS) is 12.4. The number of nitrogens with zero attached hydrogens (tertiary/aromatic N) is 2. The molecule has 1 heterocycles. The highest BCUT2D eigenvalue weighted by molar-refractivity contribution is 6.32. The molecule has 0 saturated heterocycles. The molecule has 100 valence electrons. The largest absolute Gasteiger partial charge is 0.306 e. The standard InChI is InChI=1S/C15H18ClN3/c1-3-7-19-15(12-8-17-10-18-9-12)13-6-4-5-11(2)14(13)16/h4-6,8-10,15,19H,3,7H2,1-2H3. The SMILES string of the molecule is CCCNC(c1cncnc1)c1cccc(C)c1Cl. The summed E-state index contributed by atoms with van der Waals surface area (Å²) in [6, 6.07) is 6.13. The monoisotopic (exact) mass is 275 g/mol. The zero-order valence-corrected chi connectivity index (χ0v) is 12.0. The number of halogens is 1. The Morgan fingerprint density at radius 2 is 2.00 bits per heavy atom. The van der Waals surface area contributed by atoms with Gasteiger partial charge in [0.1, 0.15) is 6.33 Å². The Labute approximate surface area is 119 Å². The molecule has 1 atom stereocenters. The first-order valence-corrected chi connectivity index (χ1v) is 6.85. The summed E-state index contributed by atoms with van der Waals surface area (Å²) >= 11 is 6.44. The van der Waals surface area contributed by atoms with Gasteiger partial charge in [0.25, 0.3) is 0 Å². The second kappa shape index (κ2) is 6.64. The van der Waals surface area contributed by atoms with Crippen LogP contribution in [0.15, 0.2) is 36.9 Å². The lowest BCUT2D eigenvalue weighted by molar-refractivity contribution is 0.595. The number of aryl methyl sites for hydroxylation is 1. The number of nitrogens with one attached hydrogen (secondary N) is 1. The van der Waals surface area contributed by atoms with Crippen molar-refractivity contribution in [3.8, 4) is 0 Å². The second-order valence-electron chi connectivity index (χ2n) is 4.54. The Morgan fingerprint density at radius 3 is 2.68 bits per heavy atom. The highest BCUT2D eigenvalue weighted by atomic mass is 35.5. The molecule has 0 aliphatic heterocycles. The van der Waals surface area contributed by atoms with Gasteiger partial charge in [-0.3, -0.25) is 0 Å². The first-order chi connectivity index (χ1) is 9.24. The molecule has 0 aliphatic carbocycles. The number of aromatic nitrogens is 2. The van der Waals surface area contributed by atoms with Gasteiger partial charge in [-0.05, 0) is 31.0 Å². The van der Waals surface area contributed by atoms with Crippen molar-refractivity contribution in [1.29, 1.82) is 0 Å². The maximum Gasteiger partial charge on any atom is 0.115 e. The van der Waals surface area contributed by atoms with E-state index in [1.807, 2.05) is 31.5 Å². The van der Waals surface area contributed by atoms with Crippen LogP contribution in [0.5, 0.6) is 0 Å². The summed E-state index contributed by atoms with van der Waals surface area (Å²) in [5, 5.41) is 4.31. The molecule has 0 bridgehead atoms. The Bertz CT molecular complexity index is 528. The quantitative estimate of drug-likeness (QED) is 0.907. The van der Waals surface area contributed by atoms with Crippen LogP contribution >= 0.6 is 11.6 Å². The maximum atomic E-state index is 6.44. The van der Waals surface area contributed by atoms with Crippen LogP contribution in [0.2, 0.25) is 5.02 Å². The minimum Gasteiger partial charge on any atom is -0.306 e. The molecule has 0 fully saturated rings. The van der Waals surface area contributed by atoms with Crippen LogP contribution in [0.25, 0.3) is 0 Å². The van der Waals surface area contributed by atoms with E-state index in [-0.39, 0.29) is 6.04 Å². The molecule has 2 aromatic rings. The van der Waals surface area contributed by atoms with Crippen molar-refractivity contribution in [2.24, 2.45) is 0 Å². The van der Waals surface area contributed by atoms with Crippen molar-refractivity contribution >= 4 is 11.6 Å². The Kier molecular flexibility index (Phi) is 4.88. The van der Waals surface area contributed by atoms with E-state index in [1.54, 1.807) is 0 Å². The van der Waals surface area contributed by atoms with Crippen LogP contribution in [0.4, 0.5) is 0 Å². The number of benzene rings is 1. The van der Waals surface area contributed by atoms with Crippen LogP contribution < -0.4 is 5.32 Å². The van der Waals surface area contributed by atoms with Crippen LogP contribution in [-0.4, -0.2) is 16.5 Å². The Morgan fingerprint density at radius 1 is 1.26 bits per heavy atom. The predicted molar refractivity (Wildman–Crippen MR) is 78.4 cm³/mol. The molecule has 3 nitrogen and oxygen atoms in total. The lowest BCUT2D eigenvalue weighted by Gasteiger charge is -2.20. The van der Waals surface area contributed by atoms with Crippen molar-refractivity contribution in [3.63, 3.8) is 0 Å². The van der Waals surface area contributed by atoms with Gasteiger partial charge in [-0.15, -0.1) is 0 Å². The van der Waals surface area contributed by atoms with E-state index in [0.717, 1.165) is 34.7 Å². The molecule has 0 radical (unpaired) electrons. The molecular formula is C15H18ClN3. The molecule has 1 N–H and O–H groups in total. The highest BCUT2D eigenvalue weighted by Gasteiger charge is 2.17. The molecule has 2 rings (SSSR count). The highest BCUT2D eigenvalue weighted by Crippen LogP contribution is 2.29. The summed E-state index contributed by atoms with van der Waals surface area (Å²) in [7, 11) is 0. The topological polar surface area (TPSA) is 37.8 Å². The smallest absolute Gasteiger partial charge is 0.115 e. The molecule has 19 heavy (non-hydrogen) atoms. The third-order valence-corrected chi connectivity index (χ3v) is 3.56. The average Bonchev–Trinajstić information content (AvgIpc) is 2.45. The molecule has 0 spiro atoms. The molecule has 4 heteroatoms. The Balaban J connectivity index is 2.40. The van der Waals surface area contributed by atoms with Gasteiger partial charge in [-0.1, -0.05) is 36.7 Å². The summed E-state index contributed by atoms with van der Waals surface area (Å²) in [5.41, 5.74) is 3.19. The summed E-state index contributed by atoms with van der Waals surface area (Å²) in [6.07, 6.45) is 6.27. The summed E-state index contributed by atoms with van der Waals surface area (Å²) in [4.78, 5) is 8.19. The van der Waals surface area contributed by atoms with Crippen molar-refractivity contribution in [3.05, 3.63) is 58.6 Å². The number of hydrogen-bond acceptors (Lipinski definition) is 3. The number of hydrogen-bond donors (Lipinski definition) is 1. The average molecular weight is 276 g/mol. The fourth-order valence-corrected chi connectivity index (χ4v) is 2.28. The predicted octanol–water partition coefficient (Wildman–Crippen LogP) is 3.53. The van der Waals surface area contributed by atoms with Gasteiger partial charge in [0.05, 0.1) is 6.04 Å². The Hall–Kier alpha value is -1.45.